The molecular formula is C11H20ClNOS. The van der Waals surface area contributed by atoms with Crippen LogP contribution in [-0.4, -0.2) is 29.3 Å². The number of amides is 1. The minimum atomic E-state index is -0.453. The van der Waals surface area contributed by atoms with Gasteiger partial charge >= 0.3 is 0 Å². The Morgan fingerprint density at radius 3 is 2.47 bits per heavy atom. The molecule has 1 aliphatic carbocycles. The molecule has 15 heavy (non-hydrogen) atoms. The molecule has 1 amide bonds. The molecule has 0 atom stereocenters. The molecule has 0 heterocycles. The second kappa shape index (κ2) is 4.96. The highest BCUT2D eigenvalue weighted by Crippen LogP contribution is 2.42. The van der Waals surface area contributed by atoms with E-state index in [0.717, 1.165) is 6.54 Å². The fourth-order valence-corrected chi connectivity index (χ4v) is 2.60. The molecule has 1 N–H and O–H groups in total. The number of rotatable bonds is 5. The summed E-state index contributed by atoms with van der Waals surface area (Å²) in [5.74, 6) is 0.434. The maximum atomic E-state index is 11.8. The molecule has 0 aromatic heterocycles. The zero-order chi connectivity index (χ0) is 11.5. The summed E-state index contributed by atoms with van der Waals surface area (Å²) < 4.78 is 0.304. The van der Waals surface area contributed by atoms with E-state index in [1.54, 1.807) is 0 Å². The average Bonchev–Trinajstić information content (AvgIpc) is 2.16. The number of thioether (sulfide) groups is 1. The van der Waals surface area contributed by atoms with E-state index in [1.807, 2.05) is 25.6 Å². The van der Waals surface area contributed by atoms with Crippen molar-refractivity contribution < 1.29 is 4.79 Å². The Labute approximate surface area is 102 Å². The predicted molar refractivity (Wildman–Crippen MR) is 67.6 cm³/mol. The smallest absolute Gasteiger partial charge is 0.226 e. The van der Waals surface area contributed by atoms with Crippen LogP contribution in [0.2, 0.25) is 0 Å². The standard InChI is InChI=1S/C11H20ClNOS/c1-10(2,7-12)9(14)13-8-11(15-3)5-4-6-11/h4-8H2,1-3H3,(H,13,14). The summed E-state index contributed by atoms with van der Waals surface area (Å²) in [6.45, 7) is 4.54. The molecule has 1 saturated carbocycles. The molecule has 0 unspecified atom stereocenters. The molecule has 0 radical (unpaired) electrons. The number of carbonyl (C=O) groups is 1. The topological polar surface area (TPSA) is 29.1 Å². The van der Waals surface area contributed by atoms with Crippen LogP contribution in [-0.2, 0) is 4.79 Å². The van der Waals surface area contributed by atoms with Crippen molar-refractivity contribution in [2.24, 2.45) is 5.41 Å². The van der Waals surface area contributed by atoms with Gasteiger partial charge in [0, 0.05) is 17.2 Å². The van der Waals surface area contributed by atoms with Gasteiger partial charge in [-0.2, -0.15) is 11.8 Å². The SMILES string of the molecule is CSC1(CNC(=O)C(C)(C)CCl)CCC1. The van der Waals surface area contributed by atoms with Gasteiger partial charge < -0.3 is 5.32 Å². The Morgan fingerprint density at radius 2 is 2.13 bits per heavy atom. The Hall–Kier alpha value is 0.110. The van der Waals surface area contributed by atoms with E-state index >= 15 is 0 Å². The molecule has 1 aliphatic rings. The molecule has 0 aromatic rings. The molecule has 2 nitrogen and oxygen atoms in total. The number of hydrogen-bond acceptors (Lipinski definition) is 2. The Bertz CT molecular complexity index is 233. The first kappa shape index (κ1) is 13.2. The fourth-order valence-electron chi connectivity index (χ4n) is 1.57. The third-order valence-corrected chi connectivity index (χ3v) is 5.30. The first-order chi connectivity index (χ1) is 6.96. The molecule has 0 bridgehead atoms. The Morgan fingerprint density at radius 1 is 1.53 bits per heavy atom. The number of carbonyl (C=O) groups excluding carboxylic acids is 1. The average molecular weight is 250 g/mol. The van der Waals surface area contributed by atoms with Crippen LogP contribution < -0.4 is 5.32 Å². The molecular weight excluding hydrogens is 230 g/mol. The van der Waals surface area contributed by atoms with Gasteiger partial charge in [-0.25, -0.2) is 0 Å². The van der Waals surface area contributed by atoms with E-state index in [4.69, 9.17) is 11.6 Å². The van der Waals surface area contributed by atoms with E-state index in [2.05, 4.69) is 11.6 Å². The number of nitrogens with one attached hydrogen (secondary N) is 1. The zero-order valence-electron chi connectivity index (χ0n) is 9.73. The molecule has 88 valence electrons. The fraction of sp³-hybridized carbons (Fsp3) is 0.909. The first-order valence-electron chi connectivity index (χ1n) is 5.35. The van der Waals surface area contributed by atoms with Gasteiger partial charge in [-0.05, 0) is 32.9 Å². The second-order valence-corrected chi connectivity index (χ2v) is 6.48. The van der Waals surface area contributed by atoms with Crippen molar-refractivity contribution >= 4 is 29.3 Å². The van der Waals surface area contributed by atoms with E-state index in [1.165, 1.54) is 19.3 Å². The number of hydrogen-bond donors (Lipinski definition) is 1. The maximum Gasteiger partial charge on any atom is 0.226 e. The van der Waals surface area contributed by atoms with E-state index in [9.17, 15) is 4.79 Å². The number of alkyl halides is 1. The Balaban J connectivity index is 2.40. The molecule has 1 fully saturated rings. The second-order valence-electron chi connectivity index (χ2n) is 4.94. The lowest BCUT2D eigenvalue weighted by Crippen LogP contribution is -2.48. The van der Waals surface area contributed by atoms with Crippen molar-refractivity contribution in [1.82, 2.24) is 5.32 Å². The molecule has 0 aliphatic heterocycles. The lowest BCUT2D eigenvalue weighted by molar-refractivity contribution is -0.128. The third kappa shape index (κ3) is 3.04. The van der Waals surface area contributed by atoms with Gasteiger partial charge in [0.05, 0.1) is 5.41 Å². The summed E-state index contributed by atoms with van der Waals surface area (Å²) in [7, 11) is 0. The lowest BCUT2D eigenvalue weighted by Gasteiger charge is -2.41. The molecule has 0 aromatic carbocycles. The van der Waals surface area contributed by atoms with Gasteiger partial charge in [0.25, 0.3) is 0 Å². The summed E-state index contributed by atoms with van der Waals surface area (Å²) in [5.41, 5.74) is -0.453. The van der Waals surface area contributed by atoms with Crippen LogP contribution in [0.3, 0.4) is 0 Å². The minimum absolute atomic E-state index is 0.0674. The van der Waals surface area contributed by atoms with Crippen LogP contribution in [0.15, 0.2) is 0 Å². The van der Waals surface area contributed by atoms with Crippen LogP contribution in [0, 0.1) is 5.41 Å². The van der Waals surface area contributed by atoms with Gasteiger partial charge in [0.1, 0.15) is 0 Å². The summed E-state index contributed by atoms with van der Waals surface area (Å²) in [5, 5.41) is 3.02. The molecule has 4 heteroatoms. The molecule has 0 spiro atoms. The van der Waals surface area contributed by atoms with Crippen LogP contribution >= 0.6 is 23.4 Å². The predicted octanol–water partition coefficient (Wildman–Crippen LogP) is 2.65. The van der Waals surface area contributed by atoms with Crippen LogP contribution in [0.1, 0.15) is 33.1 Å². The largest absolute Gasteiger partial charge is 0.354 e. The highest BCUT2D eigenvalue weighted by Gasteiger charge is 2.37. The van der Waals surface area contributed by atoms with Gasteiger partial charge in [0.2, 0.25) is 5.91 Å². The van der Waals surface area contributed by atoms with Crippen molar-refractivity contribution in [3.05, 3.63) is 0 Å². The summed E-state index contributed by atoms with van der Waals surface area (Å²) in [6.07, 6.45) is 5.85. The molecule has 0 saturated heterocycles. The van der Waals surface area contributed by atoms with Crippen molar-refractivity contribution in [3.63, 3.8) is 0 Å². The Kier molecular flexibility index (Phi) is 4.36. The summed E-state index contributed by atoms with van der Waals surface area (Å²) >= 11 is 7.63. The van der Waals surface area contributed by atoms with Gasteiger partial charge in [-0.1, -0.05) is 6.42 Å². The van der Waals surface area contributed by atoms with Crippen LogP contribution in [0.4, 0.5) is 0 Å². The van der Waals surface area contributed by atoms with Gasteiger partial charge in [-0.3, -0.25) is 4.79 Å². The quantitative estimate of drug-likeness (QED) is 0.759. The van der Waals surface area contributed by atoms with Crippen LogP contribution in [0.25, 0.3) is 0 Å². The van der Waals surface area contributed by atoms with Gasteiger partial charge in [0.15, 0.2) is 0 Å². The van der Waals surface area contributed by atoms with E-state index < -0.39 is 5.41 Å². The van der Waals surface area contributed by atoms with Crippen LogP contribution in [0.5, 0.6) is 0 Å². The minimum Gasteiger partial charge on any atom is -0.354 e. The third-order valence-electron chi connectivity index (χ3n) is 3.22. The highest BCUT2D eigenvalue weighted by molar-refractivity contribution is 8.00. The summed E-state index contributed by atoms with van der Waals surface area (Å²) in [6, 6.07) is 0. The maximum absolute atomic E-state index is 11.8. The van der Waals surface area contributed by atoms with Crippen molar-refractivity contribution in [2.45, 2.75) is 37.9 Å². The number of halogens is 1. The van der Waals surface area contributed by atoms with E-state index in [0.29, 0.717) is 10.6 Å². The monoisotopic (exact) mass is 249 g/mol. The van der Waals surface area contributed by atoms with Crippen molar-refractivity contribution in [3.8, 4) is 0 Å². The zero-order valence-corrected chi connectivity index (χ0v) is 11.3. The van der Waals surface area contributed by atoms with Gasteiger partial charge in [-0.15, -0.1) is 11.6 Å². The molecule has 1 rings (SSSR count). The highest BCUT2D eigenvalue weighted by atomic mass is 35.5. The van der Waals surface area contributed by atoms with Crippen molar-refractivity contribution in [2.75, 3.05) is 18.7 Å². The summed E-state index contributed by atoms with van der Waals surface area (Å²) in [4.78, 5) is 11.8. The van der Waals surface area contributed by atoms with Crippen molar-refractivity contribution in [1.29, 1.82) is 0 Å². The normalized spacial score (nSPS) is 19.5. The first-order valence-corrected chi connectivity index (χ1v) is 7.11. The lowest BCUT2D eigenvalue weighted by atomic mass is 9.83. The van der Waals surface area contributed by atoms with E-state index in [-0.39, 0.29) is 5.91 Å².